The monoisotopic (exact) mass is 441 g/mol. The molecule has 0 unspecified atom stereocenters. The first-order valence-corrected chi connectivity index (χ1v) is 10.4. The summed E-state index contributed by atoms with van der Waals surface area (Å²) in [5.41, 5.74) is 2.21. The summed E-state index contributed by atoms with van der Waals surface area (Å²) in [5, 5.41) is 7.71. The van der Waals surface area contributed by atoms with Gasteiger partial charge >= 0.3 is 0 Å². The van der Waals surface area contributed by atoms with Crippen LogP contribution in [0.25, 0.3) is 0 Å². The summed E-state index contributed by atoms with van der Waals surface area (Å²) in [6.07, 6.45) is 0. The molecule has 0 bridgehead atoms. The molecule has 0 fully saturated rings. The lowest BCUT2D eigenvalue weighted by atomic mass is 10.1. The van der Waals surface area contributed by atoms with Crippen LogP contribution in [0.2, 0.25) is 5.02 Å². The van der Waals surface area contributed by atoms with Gasteiger partial charge in [0.2, 0.25) is 5.91 Å². The molecule has 8 heteroatoms. The van der Waals surface area contributed by atoms with E-state index in [0.717, 1.165) is 5.56 Å². The van der Waals surface area contributed by atoms with Gasteiger partial charge in [-0.2, -0.15) is 0 Å². The molecule has 0 saturated carbocycles. The third kappa shape index (κ3) is 5.46. The second-order valence-corrected chi connectivity index (χ2v) is 8.01. The van der Waals surface area contributed by atoms with E-state index in [1.807, 2.05) is 23.6 Å². The van der Waals surface area contributed by atoms with Crippen molar-refractivity contribution in [1.82, 2.24) is 4.90 Å². The van der Waals surface area contributed by atoms with Crippen LogP contribution in [0.4, 0.5) is 11.4 Å². The van der Waals surface area contributed by atoms with Gasteiger partial charge in [0, 0.05) is 31.8 Å². The smallest absolute Gasteiger partial charge is 0.265 e. The van der Waals surface area contributed by atoms with E-state index in [9.17, 15) is 14.4 Å². The van der Waals surface area contributed by atoms with E-state index in [4.69, 9.17) is 11.6 Å². The molecule has 0 aliphatic heterocycles. The fourth-order valence-electron chi connectivity index (χ4n) is 2.69. The Morgan fingerprint density at radius 1 is 1.00 bits per heavy atom. The molecule has 6 nitrogen and oxygen atoms in total. The summed E-state index contributed by atoms with van der Waals surface area (Å²) in [7, 11) is 1.72. The van der Waals surface area contributed by atoms with Gasteiger partial charge in [0.1, 0.15) is 0 Å². The van der Waals surface area contributed by atoms with Crippen molar-refractivity contribution >= 4 is 52.0 Å². The summed E-state index contributed by atoms with van der Waals surface area (Å²) in [5.74, 6) is -0.662. The van der Waals surface area contributed by atoms with Gasteiger partial charge in [-0.15, -0.1) is 11.3 Å². The van der Waals surface area contributed by atoms with Crippen LogP contribution in [0.5, 0.6) is 0 Å². The Morgan fingerprint density at radius 3 is 2.50 bits per heavy atom. The van der Waals surface area contributed by atoms with Crippen molar-refractivity contribution < 1.29 is 14.4 Å². The van der Waals surface area contributed by atoms with E-state index in [1.165, 1.54) is 24.3 Å². The molecule has 0 aliphatic rings. The third-order valence-electron chi connectivity index (χ3n) is 4.36. The van der Waals surface area contributed by atoms with Crippen LogP contribution in [-0.4, -0.2) is 29.7 Å². The normalized spacial score (nSPS) is 10.4. The number of hydrogen-bond acceptors (Lipinski definition) is 4. The topological polar surface area (TPSA) is 78.5 Å². The van der Waals surface area contributed by atoms with Crippen molar-refractivity contribution in [3.63, 3.8) is 0 Å². The lowest BCUT2D eigenvalue weighted by Gasteiger charge is -2.15. The van der Waals surface area contributed by atoms with Crippen molar-refractivity contribution in [3.8, 4) is 0 Å². The predicted octanol–water partition coefficient (Wildman–Crippen LogP) is 4.88. The van der Waals surface area contributed by atoms with E-state index in [2.05, 4.69) is 10.6 Å². The highest BCUT2D eigenvalue weighted by atomic mass is 35.5. The largest absolute Gasteiger partial charge is 0.342 e. The lowest BCUT2D eigenvalue weighted by Crippen LogP contribution is -2.23. The number of nitrogens with one attached hydrogen (secondary N) is 2. The first-order chi connectivity index (χ1) is 14.3. The Kier molecular flexibility index (Phi) is 6.87. The van der Waals surface area contributed by atoms with Crippen molar-refractivity contribution in [1.29, 1.82) is 0 Å². The van der Waals surface area contributed by atoms with E-state index < -0.39 is 0 Å². The Hall–Kier alpha value is -3.16. The Labute approximate surface area is 183 Å². The summed E-state index contributed by atoms with van der Waals surface area (Å²) in [6, 6.07) is 15.5. The summed E-state index contributed by atoms with van der Waals surface area (Å²) in [4.78, 5) is 38.5. The first-order valence-electron chi connectivity index (χ1n) is 9.10. The molecule has 2 N–H and O–H groups in total. The zero-order valence-corrected chi connectivity index (χ0v) is 18.0. The quantitative estimate of drug-likeness (QED) is 0.572. The highest BCUT2D eigenvalue weighted by Gasteiger charge is 2.13. The molecule has 1 heterocycles. The minimum atomic E-state index is -0.338. The second-order valence-electron chi connectivity index (χ2n) is 6.66. The van der Waals surface area contributed by atoms with Crippen molar-refractivity contribution in [2.24, 2.45) is 0 Å². The maximum absolute atomic E-state index is 12.7. The van der Waals surface area contributed by atoms with Gasteiger partial charge in [-0.05, 0) is 47.3 Å². The van der Waals surface area contributed by atoms with Gasteiger partial charge in [0.05, 0.1) is 15.6 Å². The molecule has 0 aliphatic carbocycles. The molecular formula is C22H20ClN3O3S. The fraction of sp³-hybridized carbons (Fsp3) is 0.136. The van der Waals surface area contributed by atoms with Crippen LogP contribution in [0.1, 0.15) is 32.5 Å². The average Bonchev–Trinajstić information content (AvgIpc) is 3.24. The first kappa shape index (κ1) is 21.5. The molecule has 3 amide bonds. The third-order valence-corrected chi connectivity index (χ3v) is 5.56. The highest BCUT2D eigenvalue weighted by Crippen LogP contribution is 2.25. The van der Waals surface area contributed by atoms with Gasteiger partial charge in [-0.25, -0.2) is 0 Å². The second kappa shape index (κ2) is 9.56. The molecule has 0 radical (unpaired) electrons. The molecule has 30 heavy (non-hydrogen) atoms. The van der Waals surface area contributed by atoms with Gasteiger partial charge in [-0.3, -0.25) is 14.4 Å². The van der Waals surface area contributed by atoms with Crippen LogP contribution < -0.4 is 10.6 Å². The SMILES string of the molecule is CC(=O)N(C)Cc1cccc(NC(=O)c2ccc(Cl)c(NC(=O)c3cccs3)c2)c1. The van der Waals surface area contributed by atoms with Gasteiger partial charge in [0.25, 0.3) is 11.8 Å². The van der Waals surface area contributed by atoms with Gasteiger partial charge < -0.3 is 15.5 Å². The number of benzene rings is 2. The summed E-state index contributed by atoms with van der Waals surface area (Å²) < 4.78 is 0. The maximum atomic E-state index is 12.7. The van der Waals surface area contributed by atoms with Crippen LogP contribution in [0, 0.1) is 0 Å². The Morgan fingerprint density at radius 2 is 1.80 bits per heavy atom. The number of anilines is 2. The number of rotatable bonds is 6. The summed E-state index contributed by atoms with van der Waals surface area (Å²) in [6.45, 7) is 1.94. The fourth-order valence-corrected chi connectivity index (χ4v) is 3.47. The molecule has 3 aromatic rings. The minimum absolute atomic E-state index is 0.0391. The van der Waals surface area contributed by atoms with Crippen LogP contribution >= 0.6 is 22.9 Å². The molecule has 0 spiro atoms. The number of hydrogen-bond donors (Lipinski definition) is 2. The standard InChI is InChI=1S/C22H20ClN3O3S/c1-14(27)26(2)13-15-5-3-6-17(11-15)24-21(28)16-8-9-18(23)19(12-16)25-22(29)20-7-4-10-30-20/h3-12H,13H2,1-2H3,(H,24,28)(H,25,29). The summed E-state index contributed by atoms with van der Waals surface area (Å²) >= 11 is 7.50. The Balaban J connectivity index is 1.73. The molecule has 1 aromatic heterocycles. The lowest BCUT2D eigenvalue weighted by molar-refractivity contribution is -0.128. The predicted molar refractivity (Wildman–Crippen MR) is 120 cm³/mol. The van der Waals surface area contributed by atoms with Gasteiger partial charge in [0.15, 0.2) is 0 Å². The zero-order chi connectivity index (χ0) is 21.7. The highest BCUT2D eigenvalue weighted by molar-refractivity contribution is 7.12. The molecule has 3 rings (SSSR count). The van der Waals surface area contributed by atoms with Crippen molar-refractivity contribution in [2.45, 2.75) is 13.5 Å². The van der Waals surface area contributed by atoms with Crippen LogP contribution in [0.15, 0.2) is 60.0 Å². The Bertz CT molecular complexity index is 1080. The molecule has 2 aromatic carbocycles. The zero-order valence-electron chi connectivity index (χ0n) is 16.4. The number of nitrogens with zero attached hydrogens (tertiary/aromatic N) is 1. The van der Waals surface area contributed by atoms with E-state index in [1.54, 1.807) is 42.3 Å². The number of amides is 3. The number of halogens is 1. The number of thiophene rings is 1. The minimum Gasteiger partial charge on any atom is -0.342 e. The van der Waals surface area contributed by atoms with Gasteiger partial charge in [-0.1, -0.05) is 29.8 Å². The van der Waals surface area contributed by atoms with E-state index >= 15 is 0 Å². The molecular weight excluding hydrogens is 422 g/mol. The molecule has 0 saturated heterocycles. The van der Waals surface area contributed by atoms with Crippen molar-refractivity contribution in [2.75, 3.05) is 17.7 Å². The molecule has 154 valence electrons. The maximum Gasteiger partial charge on any atom is 0.265 e. The molecule has 0 atom stereocenters. The number of carbonyl (C=O) groups is 3. The van der Waals surface area contributed by atoms with Crippen molar-refractivity contribution in [3.05, 3.63) is 81.0 Å². The van der Waals surface area contributed by atoms with E-state index in [0.29, 0.717) is 33.4 Å². The van der Waals surface area contributed by atoms with Crippen LogP contribution in [-0.2, 0) is 11.3 Å². The average molecular weight is 442 g/mol. The van der Waals surface area contributed by atoms with Crippen LogP contribution in [0.3, 0.4) is 0 Å². The number of carbonyl (C=O) groups excluding carboxylic acids is 3. The van der Waals surface area contributed by atoms with E-state index in [-0.39, 0.29) is 17.7 Å².